The fourth-order valence-corrected chi connectivity index (χ4v) is 1.51. The number of methoxy groups -OCH3 is 2. The van der Waals surface area contributed by atoms with Gasteiger partial charge < -0.3 is 19.1 Å². The van der Waals surface area contributed by atoms with E-state index < -0.39 is 32.2 Å². The molecule has 0 bridgehead atoms. The number of esters is 2. The van der Waals surface area contributed by atoms with Gasteiger partial charge in [0, 0.05) is 20.6 Å². The lowest BCUT2D eigenvalue weighted by Crippen LogP contribution is -2.07. The van der Waals surface area contributed by atoms with Crippen molar-refractivity contribution in [1.29, 1.82) is 0 Å². The predicted molar refractivity (Wildman–Crippen MR) is 77.4 cm³/mol. The van der Waals surface area contributed by atoms with Crippen molar-refractivity contribution in [3.63, 3.8) is 0 Å². The van der Waals surface area contributed by atoms with E-state index in [1.54, 1.807) is 6.92 Å². The number of phosphoric ester groups is 1. The van der Waals surface area contributed by atoms with E-state index >= 15 is 0 Å². The Bertz CT molecular complexity index is 462. The molecule has 0 aromatic carbocycles. The maximum Gasteiger partial charge on any atom is 0.529 e. The van der Waals surface area contributed by atoms with Gasteiger partial charge in [-0.25, -0.2) is 9.36 Å². The molecule has 0 aliphatic carbocycles. The van der Waals surface area contributed by atoms with E-state index in [9.17, 15) is 18.9 Å². The number of hydrogen-bond donors (Lipinski definition) is 1. The Labute approximate surface area is 133 Å². The summed E-state index contributed by atoms with van der Waals surface area (Å²) in [6.45, 7) is 1.60. The number of ether oxygens (including phenoxy) is 2. The SMILES string of the molecule is CCC(=O)O.COC(=O)/C=C(/CC(=O)OC)OP(=O)(OC)OC. The van der Waals surface area contributed by atoms with Gasteiger partial charge in [0.1, 0.15) is 12.2 Å². The van der Waals surface area contributed by atoms with Crippen LogP contribution in [0.4, 0.5) is 0 Å². The smallest absolute Gasteiger partial charge is 0.481 e. The van der Waals surface area contributed by atoms with E-state index in [1.807, 2.05) is 0 Å². The molecule has 0 amide bonds. The van der Waals surface area contributed by atoms with E-state index in [1.165, 1.54) is 0 Å². The molecule has 10 nitrogen and oxygen atoms in total. The molecule has 0 aromatic heterocycles. The second-order valence-electron chi connectivity index (χ2n) is 3.54. The van der Waals surface area contributed by atoms with Crippen LogP contribution in [-0.2, 0) is 42.0 Å². The van der Waals surface area contributed by atoms with Gasteiger partial charge in [-0.2, -0.15) is 0 Å². The molecule has 134 valence electrons. The first-order valence-corrected chi connectivity index (χ1v) is 7.62. The minimum Gasteiger partial charge on any atom is -0.481 e. The van der Waals surface area contributed by atoms with Crippen molar-refractivity contribution >= 4 is 25.7 Å². The van der Waals surface area contributed by atoms with Gasteiger partial charge in [0.2, 0.25) is 0 Å². The minimum absolute atomic E-state index is 0.222. The molecule has 11 heteroatoms. The van der Waals surface area contributed by atoms with Crippen LogP contribution in [-0.4, -0.2) is 51.5 Å². The van der Waals surface area contributed by atoms with Crippen molar-refractivity contribution in [2.45, 2.75) is 19.8 Å². The summed E-state index contributed by atoms with van der Waals surface area (Å²) >= 11 is 0. The number of carbonyl (C=O) groups excluding carboxylic acids is 2. The van der Waals surface area contributed by atoms with E-state index in [0.717, 1.165) is 34.5 Å². The minimum atomic E-state index is -3.85. The summed E-state index contributed by atoms with van der Waals surface area (Å²) in [6.07, 6.45) is 0.657. The van der Waals surface area contributed by atoms with Gasteiger partial charge in [-0.15, -0.1) is 0 Å². The van der Waals surface area contributed by atoms with Gasteiger partial charge in [0.15, 0.2) is 0 Å². The Morgan fingerprint density at radius 1 is 1.04 bits per heavy atom. The van der Waals surface area contributed by atoms with Crippen LogP contribution in [0.2, 0.25) is 0 Å². The van der Waals surface area contributed by atoms with Gasteiger partial charge >= 0.3 is 25.7 Å². The van der Waals surface area contributed by atoms with Crippen molar-refractivity contribution in [2.75, 3.05) is 28.4 Å². The number of hydrogen-bond acceptors (Lipinski definition) is 9. The molecule has 0 saturated carbocycles. The first-order valence-electron chi connectivity index (χ1n) is 6.16. The summed E-state index contributed by atoms with van der Waals surface area (Å²) in [5.41, 5.74) is 0. The van der Waals surface area contributed by atoms with Crippen molar-refractivity contribution in [2.24, 2.45) is 0 Å². The lowest BCUT2D eigenvalue weighted by atomic mass is 10.3. The van der Waals surface area contributed by atoms with Gasteiger partial charge in [-0.1, -0.05) is 6.92 Å². The number of carboxylic acid groups (broad SMARTS) is 1. The average molecular weight is 356 g/mol. The number of carbonyl (C=O) groups is 3. The number of carboxylic acids is 1. The Morgan fingerprint density at radius 3 is 1.83 bits per heavy atom. The monoisotopic (exact) mass is 356 g/mol. The highest BCUT2D eigenvalue weighted by Crippen LogP contribution is 2.50. The van der Waals surface area contributed by atoms with E-state index in [0.29, 0.717) is 0 Å². The van der Waals surface area contributed by atoms with Crippen LogP contribution in [0.1, 0.15) is 19.8 Å². The van der Waals surface area contributed by atoms with Crippen LogP contribution >= 0.6 is 7.82 Å². The third-order valence-corrected chi connectivity index (χ3v) is 3.36. The first kappa shape index (κ1) is 23.4. The lowest BCUT2D eigenvalue weighted by Gasteiger charge is -2.15. The molecule has 23 heavy (non-hydrogen) atoms. The summed E-state index contributed by atoms with van der Waals surface area (Å²) in [5, 5.41) is 7.72. The molecule has 0 spiro atoms. The van der Waals surface area contributed by atoms with Gasteiger partial charge in [-0.05, 0) is 0 Å². The van der Waals surface area contributed by atoms with Crippen molar-refractivity contribution in [1.82, 2.24) is 0 Å². The first-order chi connectivity index (χ1) is 10.7. The molecule has 0 aromatic rings. The van der Waals surface area contributed by atoms with E-state index in [-0.39, 0.29) is 12.2 Å². The highest BCUT2D eigenvalue weighted by Gasteiger charge is 2.27. The fraction of sp³-hybridized carbons (Fsp3) is 0.583. The van der Waals surface area contributed by atoms with Crippen molar-refractivity contribution in [3.05, 3.63) is 11.8 Å². The lowest BCUT2D eigenvalue weighted by molar-refractivity contribution is -0.140. The van der Waals surface area contributed by atoms with Gasteiger partial charge in [0.25, 0.3) is 0 Å². The zero-order valence-corrected chi connectivity index (χ0v) is 14.5. The molecule has 0 heterocycles. The highest BCUT2D eigenvalue weighted by atomic mass is 31.2. The topological polar surface area (TPSA) is 135 Å². The number of phosphoric acid groups is 1. The zero-order valence-electron chi connectivity index (χ0n) is 13.6. The summed E-state index contributed by atoms with van der Waals surface area (Å²) < 4.78 is 34.3. The maximum absolute atomic E-state index is 11.7. The second kappa shape index (κ2) is 12.6. The van der Waals surface area contributed by atoms with Crippen molar-refractivity contribution < 1.29 is 47.1 Å². The molecule has 0 aliphatic heterocycles. The van der Waals surface area contributed by atoms with Crippen LogP contribution in [0, 0.1) is 0 Å². The zero-order chi connectivity index (χ0) is 18.5. The van der Waals surface area contributed by atoms with Crippen molar-refractivity contribution in [3.8, 4) is 0 Å². The molecule has 0 atom stereocenters. The van der Waals surface area contributed by atoms with Gasteiger partial charge in [0.05, 0.1) is 20.3 Å². The number of aliphatic carboxylic acids is 1. The average Bonchev–Trinajstić information content (AvgIpc) is 2.54. The maximum atomic E-state index is 11.7. The summed E-state index contributed by atoms with van der Waals surface area (Å²) in [6, 6.07) is 0. The Balaban J connectivity index is 0. The molecule has 0 saturated heterocycles. The quantitative estimate of drug-likeness (QED) is 0.295. The largest absolute Gasteiger partial charge is 0.529 e. The van der Waals surface area contributed by atoms with Crippen LogP contribution < -0.4 is 0 Å². The van der Waals surface area contributed by atoms with Gasteiger partial charge in [-0.3, -0.25) is 18.6 Å². The standard InChI is InChI=1S/C9H15O8P.C3H6O2/c1-13-8(10)5-7(6-9(11)14-2)17-18(12,15-3)16-4;1-2-3(4)5/h5H,6H2,1-4H3;2H2,1H3,(H,4,5)/b7-5-;. The molecule has 0 rings (SSSR count). The van der Waals surface area contributed by atoms with Crippen LogP contribution in [0.3, 0.4) is 0 Å². The summed E-state index contributed by atoms with van der Waals surface area (Å²) in [7, 11) is 0.633. The fourth-order valence-electron chi connectivity index (χ4n) is 0.807. The van der Waals surface area contributed by atoms with Crippen LogP contribution in [0.15, 0.2) is 11.8 Å². The molecule has 1 N–H and O–H groups in total. The molecule has 0 radical (unpaired) electrons. The van der Waals surface area contributed by atoms with E-state index in [4.69, 9.17) is 9.63 Å². The third kappa shape index (κ3) is 12.3. The second-order valence-corrected chi connectivity index (χ2v) is 5.34. The van der Waals surface area contributed by atoms with Crippen LogP contribution in [0.5, 0.6) is 0 Å². The Hall–Kier alpha value is -1.90. The molecule has 0 fully saturated rings. The summed E-state index contributed by atoms with van der Waals surface area (Å²) in [5.74, 6) is -2.47. The summed E-state index contributed by atoms with van der Waals surface area (Å²) in [4.78, 5) is 31.5. The van der Waals surface area contributed by atoms with Crippen LogP contribution in [0.25, 0.3) is 0 Å². The predicted octanol–water partition coefficient (Wildman–Crippen LogP) is 1.50. The molecular weight excluding hydrogens is 335 g/mol. The Kier molecular flexibility index (Phi) is 12.8. The molecule has 0 unspecified atom stereocenters. The molecule has 0 aliphatic rings. The normalized spacial score (nSPS) is 10.9. The Morgan fingerprint density at radius 2 is 1.52 bits per heavy atom. The highest BCUT2D eigenvalue weighted by molar-refractivity contribution is 7.48. The third-order valence-electron chi connectivity index (χ3n) is 2.00. The van der Waals surface area contributed by atoms with E-state index in [2.05, 4.69) is 18.5 Å². The number of rotatable bonds is 8. The molecular formula is C12H21O10P.